The van der Waals surface area contributed by atoms with Gasteiger partial charge < -0.3 is 14.1 Å². The molecular weight excluding hydrogens is 386 g/mol. The number of benzene rings is 1. The highest BCUT2D eigenvalue weighted by Gasteiger charge is 2.29. The Balaban J connectivity index is 1.20. The number of amidine groups is 1. The van der Waals surface area contributed by atoms with Crippen molar-refractivity contribution >= 4 is 17.6 Å². The molecule has 2 unspecified atom stereocenters. The number of morpholine rings is 1. The molecule has 0 saturated carbocycles. The van der Waals surface area contributed by atoms with Crippen LogP contribution in [0.15, 0.2) is 40.2 Å². The molecule has 0 spiro atoms. The van der Waals surface area contributed by atoms with E-state index in [0.29, 0.717) is 0 Å². The van der Waals surface area contributed by atoms with Crippen LogP contribution in [0.3, 0.4) is 0 Å². The van der Waals surface area contributed by atoms with Crippen molar-refractivity contribution in [3.8, 4) is 0 Å². The van der Waals surface area contributed by atoms with Gasteiger partial charge in [0.1, 0.15) is 0 Å². The number of aromatic nitrogens is 1. The zero-order valence-corrected chi connectivity index (χ0v) is 18.1. The summed E-state index contributed by atoms with van der Waals surface area (Å²) in [6.07, 6.45) is 2.78. The van der Waals surface area contributed by atoms with Crippen LogP contribution in [0.4, 0.5) is 0 Å². The smallest absolute Gasteiger partial charge is 0.195 e. The molecule has 1 aromatic heterocycles. The zero-order chi connectivity index (χ0) is 20.2. The van der Waals surface area contributed by atoms with Gasteiger partial charge in [0.2, 0.25) is 0 Å². The fraction of sp³-hybridized carbons (Fsp3) is 0.524. The Labute approximate surface area is 176 Å². The lowest BCUT2D eigenvalue weighted by atomic mass is 10.1. The second-order valence-electron chi connectivity index (χ2n) is 7.59. The van der Waals surface area contributed by atoms with E-state index in [1.54, 1.807) is 0 Å². The topological polar surface area (TPSA) is 66.1 Å². The van der Waals surface area contributed by atoms with Crippen LogP contribution in [-0.2, 0) is 4.74 Å². The largest absolute Gasteiger partial charge is 0.440 e. The highest BCUT2D eigenvalue weighted by atomic mass is 32.2. The first-order valence-electron chi connectivity index (χ1n) is 10.1. The second kappa shape index (κ2) is 9.19. The third-order valence-corrected chi connectivity index (χ3v) is 6.67. The van der Waals surface area contributed by atoms with Crippen LogP contribution in [0.1, 0.15) is 35.1 Å². The zero-order valence-electron chi connectivity index (χ0n) is 17.3. The molecule has 2 atom stereocenters. The minimum atomic E-state index is 0.125. The maximum Gasteiger partial charge on any atom is 0.195 e. The van der Waals surface area contributed by atoms with Gasteiger partial charge in [-0.25, -0.2) is 4.98 Å². The first kappa shape index (κ1) is 20.3. The van der Waals surface area contributed by atoms with E-state index in [1.807, 2.05) is 25.7 Å². The van der Waals surface area contributed by atoms with E-state index in [0.717, 1.165) is 55.7 Å². The Kier molecular flexibility index (Phi) is 6.42. The summed E-state index contributed by atoms with van der Waals surface area (Å²) in [5.41, 5.74) is 6.75. The third-order valence-electron chi connectivity index (χ3n) is 5.41. The van der Waals surface area contributed by atoms with E-state index >= 15 is 0 Å². The van der Waals surface area contributed by atoms with Crippen LogP contribution < -0.4 is 5.43 Å². The maximum atomic E-state index is 6.00. The number of aryl methyl sites for hydroxylation is 2. The summed E-state index contributed by atoms with van der Waals surface area (Å²) >= 11 is 1.87. The lowest BCUT2D eigenvalue weighted by Crippen LogP contribution is -2.39. The minimum Gasteiger partial charge on any atom is -0.440 e. The van der Waals surface area contributed by atoms with Crippen LogP contribution >= 0.6 is 11.8 Å². The number of thioether (sulfide) groups is 1. The van der Waals surface area contributed by atoms with Crippen LogP contribution in [0, 0.1) is 13.8 Å². The van der Waals surface area contributed by atoms with Gasteiger partial charge in [-0.05, 0) is 38.1 Å². The van der Waals surface area contributed by atoms with Crippen molar-refractivity contribution in [3.63, 3.8) is 0 Å². The van der Waals surface area contributed by atoms with Crippen molar-refractivity contribution in [2.75, 3.05) is 39.0 Å². The van der Waals surface area contributed by atoms with Gasteiger partial charge in [0.25, 0.3) is 0 Å². The Morgan fingerprint density at radius 1 is 1.24 bits per heavy atom. The van der Waals surface area contributed by atoms with Gasteiger partial charge in [0, 0.05) is 20.1 Å². The van der Waals surface area contributed by atoms with Crippen LogP contribution in [0.5, 0.6) is 0 Å². The summed E-state index contributed by atoms with van der Waals surface area (Å²) in [5.74, 6) is 2.61. The van der Waals surface area contributed by atoms with Crippen molar-refractivity contribution < 1.29 is 9.15 Å². The Morgan fingerprint density at radius 2 is 2.07 bits per heavy atom. The molecule has 2 aliphatic heterocycles. The van der Waals surface area contributed by atoms with Crippen LogP contribution in [0.25, 0.3) is 0 Å². The van der Waals surface area contributed by atoms with Gasteiger partial charge >= 0.3 is 0 Å². The minimum absolute atomic E-state index is 0.125. The molecule has 4 rings (SSSR count). The van der Waals surface area contributed by atoms with Crippen LogP contribution in [0.2, 0.25) is 0 Å². The molecule has 2 aromatic rings. The third kappa shape index (κ3) is 4.76. The van der Waals surface area contributed by atoms with Gasteiger partial charge in [-0.2, -0.15) is 5.10 Å². The van der Waals surface area contributed by atoms with Crippen molar-refractivity contribution in [1.29, 1.82) is 0 Å². The number of nitrogens with one attached hydrogen (secondary N) is 1. The van der Waals surface area contributed by atoms with Crippen molar-refractivity contribution in [3.05, 3.63) is 53.2 Å². The molecule has 0 radical (unpaired) electrons. The standard InChI is InChI=1S/C21H29N5O2S/c1-15-5-7-17(8-6-15)18-13-26(10-11-27-18)9-4-12-29-21-24-23-20(25(21)3)19-16(2)22-14-28-19/h5-8,14,18,21,24H,4,9-13H2,1-3H3. The summed E-state index contributed by atoms with van der Waals surface area (Å²) in [6, 6.07) is 8.70. The monoisotopic (exact) mass is 415 g/mol. The van der Waals surface area contributed by atoms with Crippen molar-refractivity contribution in [2.45, 2.75) is 31.9 Å². The summed E-state index contributed by atoms with van der Waals surface area (Å²) in [4.78, 5) is 8.78. The van der Waals surface area contributed by atoms with Crippen molar-refractivity contribution in [1.82, 2.24) is 20.2 Å². The summed E-state index contributed by atoms with van der Waals surface area (Å²) in [5, 5.41) is 4.43. The Morgan fingerprint density at radius 3 is 2.83 bits per heavy atom. The number of rotatable bonds is 7. The van der Waals surface area contributed by atoms with Gasteiger partial charge in [-0.15, -0.1) is 11.8 Å². The Hall–Kier alpha value is -2.03. The van der Waals surface area contributed by atoms with Gasteiger partial charge in [0.05, 0.1) is 18.4 Å². The molecule has 1 N–H and O–H groups in total. The van der Waals surface area contributed by atoms with E-state index in [1.165, 1.54) is 17.5 Å². The lowest BCUT2D eigenvalue weighted by Gasteiger charge is -2.33. The number of hydrogen-bond acceptors (Lipinski definition) is 8. The average molecular weight is 416 g/mol. The first-order chi connectivity index (χ1) is 14.1. The fourth-order valence-corrected chi connectivity index (χ4v) is 4.61. The van der Waals surface area contributed by atoms with E-state index in [4.69, 9.17) is 9.15 Å². The molecule has 1 fully saturated rings. The van der Waals surface area contributed by atoms with E-state index in [9.17, 15) is 0 Å². The number of oxazole rings is 1. The molecule has 0 aliphatic carbocycles. The maximum absolute atomic E-state index is 6.00. The normalized spacial score (nSPS) is 22.6. The molecule has 2 aliphatic rings. The summed E-state index contributed by atoms with van der Waals surface area (Å²) in [7, 11) is 2.03. The number of hydrazone groups is 1. The van der Waals surface area contributed by atoms with Crippen molar-refractivity contribution in [2.24, 2.45) is 5.10 Å². The molecule has 1 saturated heterocycles. The summed E-state index contributed by atoms with van der Waals surface area (Å²) < 4.78 is 11.5. The molecule has 0 bridgehead atoms. The second-order valence-corrected chi connectivity index (χ2v) is 8.78. The van der Waals surface area contributed by atoms with Gasteiger partial charge in [-0.3, -0.25) is 10.3 Å². The molecule has 0 amide bonds. The molecule has 7 nitrogen and oxygen atoms in total. The first-order valence-corrected chi connectivity index (χ1v) is 11.2. The molecule has 1 aromatic carbocycles. The Bertz CT molecular complexity index is 838. The molecule has 8 heteroatoms. The molecular formula is C21H29N5O2S. The molecule has 156 valence electrons. The molecule has 29 heavy (non-hydrogen) atoms. The highest BCUT2D eigenvalue weighted by Crippen LogP contribution is 2.24. The van der Waals surface area contributed by atoms with Crippen LogP contribution in [-0.4, -0.2) is 65.2 Å². The number of ether oxygens (including phenoxy) is 1. The van der Waals surface area contributed by atoms with Gasteiger partial charge in [-0.1, -0.05) is 29.8 Å². The number of nitrogens with zero attached hydrogens (tertiary/aromatic N) is 4. The highest BCUT2D eigenvalue weighted by molar-refractivity contribution is 7.99. The van der Waals surface area contributed by atoms with E-state index in [2.05, 4.69) is 56.5 Å². The quantitative estimate of drug-likeness (QED) is 0.698. The summed E-state index contributed by atoms with van der Waals surface area (Å²) in [6.45, 7) is 7.91. The predicted molar refractivity (Wildman–Crippen MR) is 116 cm³/mol. The SMILES string of the molecule is Cc1ccc(C2CN(CCCSC3NN=C(c4ocnc4C)N3C)CCO2)cc1. The molecule has 3 heterocycles. The van der Waals surface area contributed by atoms with E-state index in [-0.39, 0.29) is 11.6 Å². The van der Waals surface area contributed by atoms with Gasteiger partial charge in [0.15, 0.2) is 23.5 Å². The lowest BCUT2D eigenvalue weighted by molar-refractivity contribution is -0.0297. The van der Waals surface area contributed by atoms with E-state index < -0.39 is 0 Å². The number of hydrogen-bond donors (Lipinski definition) is 1. The predicted octanol–water partition coefficient (Wildman–Crippen LogP) is 2.97. The average Bonchev–Trinajstić information content (AvgIpc) is 3.31. The fourth-order valence-electron chi connectivity index (χ4n) is 3.64.